The van der Waals surface area contributed by atoms with Crippen LogP contribution in [0.15, 0.2) is 48.6 Å². The molecule has 1 N–H and O–H groups in total. The van der Waals surface area contributed by atoms with Gasteiger partial charge in [0, 0.05) is 44.5 Å². The zero-order valence-electron chi connectivity index (χ0n) is 23.5. The molecule has 0 saturated heterocycles. The number of carbonyl (C=O) groups excluding carboxylic acids is 2. The van der Waals surface area contributed by atoms with Gasteiger partial charge in [-0.3, -0.25) is 4.79 Å². The number of ether oxygens (including phenoxy) is 2. The Hall–Kier alpha value is -3.03. The van der Waals surface area contributed by atoms with E-state index in [-0.39, 0.29) is 11.8 Å². The summed E-state index contributed by atoms with van der Waals surface area (Å²) < 4.78 is 11.1. The van der Waals surface area contributed by atoms with Crippen LogP contribution in [0.2, 0.25) is 5.02 Å². The molecule has 0 spiro atoms. The fraction of sp³-hybridized carbons (Fsp3) is 0.484. The quantitative estimate of drug-likeness (QED) is 0.206. The highest BCUT2D eigenvalue weighted by Crippen LogP contribution is 2.38. The number of hydrogen-bond acceptors (Lipinski definition) is 6. The number of allylic oxidation sites excluding steroid dienone is 1. The van der Waals surface area contributed by atoms with Crippen molar-refractivity contribution in [3.63, 3.8) is 0 Å². The summed E-state index contributed by atoms with van der Waals surface area (Å²) in [5, 5.41) is 11.2. The maximum atomic E-state index is 12.0. The van der Waals surface area contributed by atoms with Gasteiger partial charge in [0.25, 0.3) is 0 Å². The molecule has 1 aliphatic rings. The summed E-state index contributed by atoms with van der Waals surface area (Å²) >= 11 is 6.33. The number of esters is 1. The van der Waals surface area contributed by atoms with Crippen molar-refractivity contribution in [1.29, 1.82) is 0 Å². The van der Waals surface area contributed by atoms with E-state index in [9.17, 15) is 14.7 Å². The Bertz CT molecular complexity index is 1150. The average molecular weight is 557 g/mol. The minimum atomic E-state index is -1.36. The lowest BCUT2D eigenvalue weighted by molar-refractivity contribution is -0.150. The van der Waals surface area contributed by atoms with Gasteiger partial charge < -0.3 is 24.4 Å². The number of aliphatic hydroxyl groups excluding tert-OH is 1. The lowest BCUT2D eigenvalue weighted by Gasteiger charge is -2.28. The minimum absolute atomic E-state index is 0.0690. The number of fused-ring (bicyclic) bond motifs is 1. The normalized spacial score (nSPS) is 15.8. The number of rotatable bonds is 12. The largest absolute Gasteiger partial charge is 0.491 e. The predicted molar refractivity (Wildman–Crippen MR) is 156 cm³/mol. The number of nitrogens with zero attached hydrogens (tertiary/aromatic N) is 2. The van der Waals surface area contributed by atoms with Crippen molar-refractivity contribution in [3.8, 4) is 5.75 Å². The third-order valence-corrected chi connectivity index (χ3v) is 7.38. The number of aryl methyl sites for hydroxylation is 1. The molecule has 1 heterocycles. The summed E-state index contributed by atoms with van der Waals surface area (Å²) in [7, 11) is 3.07. The summed E-state index contributed by atoms with van der Waals surface area (Å²) in [5.41, 5.74) is 3.81. The van der Waals surface area contributed by atoms with Crippen molar-refractivity contribution in [3.05, 3.63) is 70.3 Å². The molecule has 2 unspecified atom stereocenters. The second kappa shape index (κ2) is 14.9. The first-order valence-corrected chi connectivity index (χ1v) is 14.1. The van der Waals surface area contributed by atoms with Crippen LogP contribution < -0.4 is 9.64 Å². The number of aliphatic hydroxyl groups is 1. The van der Waals surface area contributed by atoms with Gasteiger partial charge in [-0.15, -0.1) is 0 Å². The van der Waals surface area contributed by atoms with Gasteiger partial charge in [-0.2, -0.15) is 0 Å². The topological polar surface area (TPSA) is 79.3 Å². The lowest BCUT2D eigenvalue weighted by atomic mass is 9.92. The maximum absolute atomic E-state index is 12.0. The first-order valence-electron chi connectivity index (χ1n) is 13.7. The number of hydrogen-bond donors (Lipinski definition) is 1. The van der Waals surface area contributed by atoms with E-state index in [0.717, 1.165) is 61.7 Å². The summed E-state index contributed by atoms with van der Waals surface area (Å²) in [4.78, 5) is 27.4. The SMILES string of the molecule is CCCc1cc(Cl)ccc1C1COc2ccc(C(O)C(=O)OC)cc2N(CCC/C=C/CCN(C)C(C)=O)C1. The smallest absolute Gasteiger partial charge is 0.339 e. The molecule has 39 heavy (non-hydrogen) atoms. The van der Waals surface area contributed by atoms with Gasteiger partial charge in [-0.1, -0.05) is 49.2 Å². The van der Waals surface area contributed by atoms with Gasteiger partial charge in [0.05, 0.1) is 19.4 Å². The van der Waals surface area contributed by atoms with Gasteiger partial charge in [0.2, 0.25) is 5.91 Å². The van der Waals surface area contributed by atoms with Crippen molar-refractivity contribution in [2.75, 3.05) is 45.3 Å². The van der Waals surface area contributed by atoms with Gasteiger partial charge >= 0.3 is 5.97 Å². The molecular formula is C31H41ClN2O5. The van der Waals surface area contributed by atoms with Crippen LogP contribution in [0.25, 0.3) is 0 Å². The Labute approximate surface area is 237 Å². The summed E-state index contributed by atoms with van der Waals surface area (Å²) in [6, 6.07) is 11.5. The average Bonchev–Trinajstić information content (AvgIpc) is 3.10. The van der Waals surface area contributed by atoms with E-state index >= 15 is 0 Å². The van der Waals surface area contributed by atoms with Crippen LogP contribution in [-0.4, -0.2) is 62.3 Å². The molecule has 0 aliphatic carbocycles. The fourth-order valence-electron chi connectivity index (χ4n) is 4.85. The number of unbranched alkanes of at least 4 members (excludes halogenated alkanes) is 1. The van der Waals surface area contributed by atoms with Crippen LogP contribution in [-0.2, 0) is 20.7 Å². The monoisotopic (exact) mass is 556 g/mol. The summed E-state index contributed by atoms with van der Waals surface area (Å²) in [5.74, 6) is 0.231. The number of anilines is 1. The molecule has 0 saturated carbocycles. The van der Waals surface area contributed by atoms with Crippen molar-refractivity contribution < 1.29 is 24.2 Å². The third-order valence-electron chi connectivity index (χ3n) is 7.14. The first-order chi connectivity index (χ1) is 18.7. The third kappa shape index (κ3) is 8.48. The van der Waals surface area contributed by atoms with Crippen molar-refractivity contribution in [2.45, 2.75) is 58.0 Å². The Kier molecular flexibility index (Phi) is 11.7. The highest BCUT2D eigenvalue weighted by Gasteiger charge is 2.28. The van der Waals surface area contributed by atoms with Crippen LogP contribution in [0, 0.1) is 0 Å². The first kappa shape index (κ1) is 30.5. The Morgan fingerprint density at radius 2 is 2.00 bits per heavy atom. The summed E-state index contributed by atoms with van der Waals surface area (Å²) in [6.45, 7) is 6.47. The molecule has 2 aromatic carbocycles. The van der Waals surface area contributed by atoms with Crippen LogP contribution >= 0.6 is 11.6 Å². The summed E-state index contributed by atoms with van der Waals surface area (Å²) in [6.07, 6.45) is 7.53. The van der Waals surface area contributed by atoms with Crippen LogP contribution in [0.5, 0.6) is 5.75 Å². The molecule has 0 radical (unpaired) electrons. The van der Waals surface area contributed by atoms with Crippen LogP contribution in [0.3, 0.4) is 0 Å². The van der Waals surface area contributed by atoms with E-state index < -0.39 is 12.1 Å². The molecular weight excluding hydrogens is 516 g/mol. The second-order valence-corrected chi connectivity index (χ2v) is 10.5. The van der Waals surface area contributed by atoms with Crippen LogP contribution in [0.4, 0.5) is 5.69 Å². The number of methoxy groups -OCH3 is 1. The van der Waals surface area contributed by atoms with E-state index in [0.29, 0.717) is 18.7 Å². The molecule has 3 rings (SSSR count). The zero-order valence-corrected chi connectivity index (χ0v) is 24.2. The molecule has 8 heteroatoms. The number of carbonyl (C=O) groups is 2. The molecule has 7 nitrogen and oxygen atoms in total. The predicted octanol–water partition coefficient (Wildman–Crippen LogP) is 5.69. The van der Waals surface area contributed by atoms with Crippen molar-refractivity contribution in [2.24, 2.45) is 0 Å². The highest BCUT2D eigenvalue weighted by molar-refractivity contribution is 6.30. The van der Waals surface area contributed by atoms with E-state index in [4.69, 9.17) is 21.1 Å². The Balaban J connectivity index is 1.81. The zero-order chi connectivity index (χ0) is 28.4. The molecule has 212 valence electrons. The molecule has 2 aromatic rings. The molecule has 2 atom stereocenters. The van der Waals surface area contributed by atoms with Gasteiger partial charge in [-0.05, 0) is 66.6 Å². The molecule has 0 fully saturated rings. The van der Waals surface area contributed by atoms with Gasteiger partial charge in [0.15, 0.2) is 6.10 Å². The molecule has 1 amide bonds. The molecule has 1 aliphatic heterocycles. The standard InChI is InChI=1S/C31H41ClN2O5/c1-5-11-23-18-26(32)13-14-27(23)25-20-34(17-10-8-6-7-9-16-33(3)22(2)35)28-19-24(30(36)31(37)38-4)12-15-29(28)39-21-25/h6-7,12-15,18-19,25,30,36H,5,8-11,16-17,20-21H2,1-4H3/b7-6+. The lowest BCUT2D eigenvalue weighted by Crippen LogP contribution is -2.30. The Morgan fingerprint density at radius 1 is 1.23 bits per heavy atom. The minimum Gasteiger partial charge on any atom is -0.491 e. The number of amides is 1. The van der Waals surface area contributed by atoms with E-state index in [1.807, 2.05) is 25.2 Å². The number of benzene rings is 2. The number of halogens is 1. The fourth-order valence-corrected chi connectivity index (χ4v) is 5.04. The van der Waals surface area contributed by atoms with Crippen molar-refractivity contribution >= 4 is 29.2 Å². The van der Waals surface area contributed by atoms with E-state index in [2.05, 4.69) is 36.1 Å². The highest BCUT2D eigenvalue weighted by atomic mass is 35.5. The van der Waals surface area contributed by atoms with Crippen molar-refractivity contribution in [1.82, 2.24) is 4.90 Å². The molecule has 0 bridgehead atoms. The van der Waals surface area contributed by atoms with E-state index in [1.54, 1.807) is 17.9 Å². The second-order valence-electron chi connectivity index (χ2n) is 10.0. The van der Waals surface area contributed by atoms with Gasteiger partial charge in [0.1, 0.15) is 5.75 Å². The van der Waals surface area contributed by atoms with Gasteiger partial charge in [-0.25, -0.2) is 4.79 Å². The van der Waals surface area contributed by atoms with E-state index in [1.165, 1.54) is 18.2 Å². The van der Waals surface area contributed by atoms with Crippen LogP contribution in [0.1, 0.15) is 68.2 Å². The Morgan fingerprint density at radius 3 is 2.72 bits per heavy atom. The molecule has 0 aromatic heterocycles. The maximum Gasteiger partial charge on any atom is 0.339 e.